The summed E-state index contributed by atoms with van der Waals surface area (Å²) in [5.41, 5.74) is 3.57. The van der Waals surface area contributed by atoms with Crippen LogP contribution in [0.2, 0.25) is 0 Å². The van der Waals surface area contributed by atoms with Crippen LogP contribution in [-0.4, -0.2) is 15.0 Å². The fourth-order valence-corrected chi connectivity index (χ4v) is 2.62. The quantitative estimate of drug-likeness (QED) is 0.636. The van der Waals surface area contributed by atoms with Gasteiger partial charge >= 0.3 is 5.69 Å². The van der Waals surface area contributed by atoms with E-state index in [9.17, 15) is 4.79 Å². The molecule has 5 nitrogen and oxygen atoms in total. The summed E-state index contributed by atoms with van der Waals surface area (Å²) in [4.78, 5) is 21.2. The molecule has 0 aliphatic heterocycles. The molecule has 1 unspecified atom stereocenters. The maximum atomic E-state index is 11.3. The minimum absolute atomic E-state index is 0.161. The van der Waals surface area contributed by atoms with Gasteiger partial charge in [0.2, 0.25) is 0 Å². The van der Waals surface area contributed by atoms with Crippen LogP contribution in [0.25, 0.3) is 11.0 Å². The highest BCUT2D eigenvalue weighted by atomic mass is 79.9. The Morgan fingerprint density at radius 2 is 2.05 bits per heavy atom. The van der Waals surface area contributed by atoms with E-state index in [0.717, 1.165) is 26.9 Å². The van der Waals surface area contributed by atoms with Gasteiger partial charge in [0, 0.05) is 12.6 Å². The summed E-state index contributed by atoms with van der Waals surface area (Å²) in [6, 6.07) is 11.9. The molecule has 2 aromatic heterocycles. The van der Waals surface area contributed by atoms with Crippen LogP contribution in [0, 0.1) is 0 Å². The van der Waals surface area contributed by atoms with Crippen LogP contribution in [-0.2, 0) is 6.54 Å². The number of nitrogens with one attached hydrogen (secondary N) is 3. The molecule has 0 saturated carbocycles. The standard InChI is InChI=1S/C15H15BrN4O/c1-9(17-8-11-3-2-4-14(16)18-11)10-5-6-12-13(7-10)20-15(21)19-12/h2-7,9,17H,8H2,1H3,(H2,19,20,21). The predicted octanol–water partition coefficient (Wildman–Crippen LogP) is 2.86. The van der Waals surface area contributed by atoms with Crippen molar-refractivity contribution in [2.75, 3.05) is 0 Å². The van der Waals surface area contributed by atoms with Crippen LogP contribution in [0.3, 0.4) is 0 Å². The number of aromatic amines is 2. The third-order valence-corrected chi connectivity index (χ3v) is 3.84. The van der Waals surface area contributed by atoms with E-state index in [0.29, 0.717) is 6.54 Å². The Hall–Kier alpha value is -1.92. The smallest absolute Gasteiger partial charge is 0.306 e. The molecule has 3 rings (SSSR count). The molecule has 0 fully saturated rings. The SMILES string of the molecule is CC(NCc1cccc(Br)n1)c1ccc2[nH]c(=O)[nH]c2c1. The highest BCUT2D eigenvalue weighted by Gasteiger charge is 2.07. The van der Waals surface area contributed by atoms with Crippen molar-refractivity contribution in [1.29, 1.82) is 0 Å². The molecule has 21 heavy (non-hydrogen) atoms. The van der Waals surface area contributed by atoms with E-state index in [1.807, 2.05) is 36.4 Å². The number of hydrogen-bond donors (Lipinski definition) is 3. The lowest BCUT2D eigenvalue weighted by molar-refractivity contribution is 0.568. The first-order chi connectivity index (χ1) is 10.1. The fraction of sp³-hybridized carbons (Fsp3) is 0.200. The molecule has 6 heteroatoms. The van der Waals surface area contributed by atoms with Crippen molar-refractivity contribution in [3.8, 4) is 0 Å². The van der Waals surface area contributed by atoms with Gasteiger partial charge in [0.1, 0.15) is 4.60 Å². The summed E-state index contributed by atoms with van der Waals surface area (Å²) < 4.78 is 0.834. The van der Waals surface area contributed by atoms with Gasteiger partial charge in [0.15, 0.2) is 0 Å². The van der Waals surface area contributed by atoms with Crippen molar-refractivity contribution < 1.29 is 0 Å². The summed E-state index contributed by atoms with van der Waals surface area (Å²) in [6.07, 6.45) is 0. The molecule has 0 aliphatic rings. The molecule has 0 aliphatic carbocycles. The zero-order valence-electron chi connectivity index (χ0n) is 11.5. The third-order valence-electron chi connectivity index (χ3n) is 3.40. The number of aromatic nitrogens is 3. The predicted molar refractivity (Wildman–Crippen MR) is 86.1 cm³/mol. The molecule has 108 valence electrons. The molecular formula is C15H15BrN4O. The van der Waals surface area contributed by atoms with Crippen molar-refractivity contribution in [1.82, 2.24) is 20.3 Å². The van der Waals surface area contributed by atoms with Crippen molar-refractivity contribution in [3.63, 3.8) is 0 Å². The van der Waals surface area contributed by atoms with Crippen molar-refractivity contribution >= 4 is 27.0 Å². The van der Waals surface area contributed by atoms with Gasteiger partial charge in [0.05, 0.1) is 16.7 Å². The lowest BCUT2D eigenvalue weighted by Gasteiger charge is -2.14. The largest absolute Gasteiger partial charge is 0.323 e. The number of rotatable bonds is 4. The van der Waals surface area contributed by atoms with Crippen LogP contribution in [0.15, 0.2) is 45.8 Å². The molecule has 0 saturated heterocycles. The second kappa shape index (κ2) is 5.83. The maximum Gasteiger partial charge on any atom is 0.323 e. The van der Waals surface area contributed by atoms with E-state index in [1.165, 1.54) is 0 Å². The summed E-state index contributed by atoms with van der Waals surface area (Å²) in [5.74, 6) is 0. The number of H-pyrrole nitrogens is 2. The van der Waals surface area contributed by atoms with Gasteiger partial charge < -0.3 is 15.3 Å². The summed E-state index contributed by atoms with van der Waals surface area (Å²) in [6.45, 7) is 2.77. The van der Waals surface area contributed by atoms with Crippen LogP contribution in [0.5, 0.6) is 0 Å². The first-order valence-corrected chi connectivity index (χ1v) is 7.48. The summed E-state index contributed by atoms with van der Waals surface area (Å²) in [7, 11) is 0. The molecule has 3 aromatic rings. The zero-order chi connectivity index (χ0) is 14.8. The number of pyridine rings is 1. The van der Waals surface area contributed by atoms with E-state index < -0.39 is 0 Å². The first kappa shape index (κ1) is 14.0. The van der Waals surface area contributed by atoms with E-state index in [-0.39, 0.29) is 11.7 Å². The van der Waals surface area contributed by atoms with Crippen LogP contribution in [0.4, 0.5) is 0 Å². The Kier molecular flexibility index (Phi) is 3.90. The van der Waals surface area contributed by atoms with Crippen LogP contribution < -0.4 is 11.0 Å². The average Bonchev–Trinajstić information content (AvgIpc) is 2.84. The van der Waals surface area contributed by atoms with E-state index in [4.69, 9.17) is 0 Å². The van der Waals surface area contributed by atoms with Crippen molar-refractivity contribution in [3.05, 3.63) is 62.7 Å². The number of nitrogens with zero attached hydrogens (tertiary/aromatic N) is 1. The third kappa shape index (κ3) is 3.22. The zero-order valence-corrected chi connectivity index (χ0v) is 13.1. The number of imidazole rings is 1. The van der Waals surface area contributed by atoms with Crippen molar-refractivity contribution in [2.45, 2.75) is 19.5 Å². The topological polar surface area (TPSA) is 73.6 Å². The Morgan fingerprint density at radius 3 is 2.86 bits per heavy atom. The minimum atomic E-state index is -0.180. The van der Waals surface area contributed by atoms with Gasteiger partial charge in [-0.2, -0.15) is 0 Å². The van der Waals surface area contributed by atoms with Gasteiger partial charge in [0.25, 0.3) is 0 Å². The molecule has 1 aromatic carbocycles. The van der Waals surface area contributed by atoms with Gasteiger partial charge in [-0.1, -0.05) is 12.1 Å². The fourth-order valence-electron chi connectivity index (χ4n) is 2.24. The van der Waals surface area contributed by atoms with Gasteiger partial charge in [-0.25, -0.2) is 9.78 Å². The summed E-state index contributed by atoms with van der Waals surface area (Å²) in [5, 5.41) is 3.43. The highest BCUT2D eigenvalue weighted by Crippen LogP contribution is 2.17. The number of halogens is 1. The number of hydrogen-bond acceptors (Lipinski definition) is 3. The first-order valence-electron chi connectivity index (χ1n) is 6.68. The van der Waals surface area contributed by atoms with Gasteiger partial charge in [-0.15, -0.1) is 0 Å². The summed E-state index contributed by atoms with van der Waals surface area (Å²) >= 11 is 3.37. The Balaban J connectivity index is 1.74. The number of fused-ring (bicyclic) bond motifs is 1. The van der Waals surface area contributed by atoms with Gasteiger partial charge in [-0.05, 0) is 52.7 Å². The van der Waals surface area contributed by atoms with E-state index in [2.05, 4.69) is 43.1 Å². The second-order valence-electron chi connectivity index (χ2n) is 4.94. The van der Waals surface area contributed by atoms with Crippen LogP contribution in [0.1, 0.15) is 24.2 Å². The molecular weight excluding hydrogens is 332 g/mol. The molecule has 2 heterocycles. The molecule has 0 spiro atoms. The monoisotopic (exact) mass is 346 g/mol. The second-order valence-corrected chi connectivity index (χ2v) is 5.75. The molecule has 1 atom stereocenters. The van der Waals surface area contributed by atoms with Gasteiger partial charge in [-0.3, -0.25) is 0 Å². The van der Waals surface area contributed by atoms with Crippen LogP contribution >= 0.6 is 15.9 Å². The average molecular weight is 347 g/mol. The Morgan fingerprint density at radius 1 is 1.24 bits per heavy atom. The Bertz CT molecular complexity index is 824. The molecule has 0 amide bonds. The molecule has 0 radical (unpaired) electrons. The Labute approximate surface area is 129 Å². The van der Waals surface area contributed by atoms with Crippen molar-refractivity contribution in [2.24, 2.45) is 0 Å². The van der Waals surface area contributed by atoms with E-state index >= 15 is 0 Å². The lowest BCUT2D eigenvalue weighted by atomic mass is 10.1. The molecule has 3 N–H and O–H groups in total. The minimum Gasteiger partial charge on any atom is -0.306 e. The number of benzene rings is 1. The maximum absolute atomic E-state index is 11.3. The normalized spacial score (nSPS) is 12.7. The van der Waals surface area contributed by atoms with E-state index in [1.54, 1.807) is 0 Å². The lowest BCUT2D eigenvalue weighted by Crippen LogP contribution is -2.18. The highest BCUT2D eigenvalue weighted by molar-refractivity contribution is 9.10. The molecule has 0 bridgehead atoms.